The number of methoxy groups -OCH3 is 1. The summed E-state index contributed by atoms with van der Waals surface area (Å²) < 4.78 is 23.7. The van der Waals surface area contributed by atoms with Crippen molar-refractivity contribution in [3.05, 3.63) is 34.6 Å². The largest absolute Gasteiger partial charge is 0.467 e. The Kier molecular flexibility index (Phi) is 4.74. The summed E-state index contributed by atoms with van der Waals surface area (Å²) in [5.41, 5.74) is 0.551. The van der Waals surface area contributed by atoms with Gasteiger partial charge in [-0.15, -0.1) is 0 Å². The number of rotatable bonds is 3. The van der Waals surface area contributed by atoms with E-state index in [1.165, 1.54) is 13.2 Å². The average Bonchev–Trinajstić information content (AvgIpc) is 2.41. The lowest BCUT2D eigenvalue weighted by Crippen LogP contribution is -2.46. The Labute approximate surface area is 116 Å². The molecular formula is C13H15ClFNO3. The summed E-state index contributed by atoms with van der Waals surface area (Å²) in [4.78, 5) is 13.4. The Morgan fingerprint density at radius 3 is 3.11 bits per heavy atom. The number of hydrogen-bond donors (Lipinski definition) is 0. The number of ether oxygens (including phenoxy) is 2. The number of carbonyl (C=O) groups is 1. The van der Waals surface area contributed by atoms with Crippen molar-refractivity contribution >= 4 is 17.6 Å². The van der Waals surface area contributed by atoms with Crippen molar-refractivity contribution in [1.29, 1.82) is 0 Å². The summed E-state index contributed by atoms with van der Waals surface area (Å²) in [6.45, 7) is 1.89. The van der Waals surface area contributed by atoms with Crippen molar-refractivity contribution < 1.29 is 18.7 Å². The van der Waals surface area contributed by atoms with E-state index in [9.17, 15) is 9.18 Å². The van der Waals surface area contributed by atoms with E-state index in [1.807, 2.05) is 4.90 Å². The highest BCUT2D eigenvalue weighted by Crippen LogP contribution is 2.17. The molecule has 0 bridgehead atoms. The van der Waals surface area contributed by atoms with Crippen LogP contribution in [-0.4, -0.2) is 43.8 Å². The van der Waals surface area contributed by atoms with E-state index in [-0.39, 0.29) is 5.82 Å². The minimum atomic E-state index is -0.603. The molecule has 0 amide bonds. The molecule has 2 rings (SSSR count). The molecule has 19 heavy (non-hydrogen) atoms. The van der Waals surface area contributed by atoms with Crippen LogP contribution in [0.2, 0.25) is 5.02 Å². The van der Waals surface area contributed by atoms with Crippen LogP contribution in [0.4, 0.5) is 4.39 Å². The van der Waals surface area contributed by atoms with Crippen LogP contribution in [0.25, 0.3) is 0 Å². The standard InChI is InChI=1S/C13H15ClFNO3/c1-18-13(17)12-8-16(4-5-19-12)7-9-2-3-10(14)6-11(9)15/h2-3,6,12H,4-5,7-8H2,1H3/t12-/m0/s1. The van der Waals surface area contributed by atoms with Crippen LogP contribution in [0.5, 0.6) is 0 Å². The second kappa shape index (κ2) is 6.32. The number of benzene rings is 1. The molecule has 1 aromatic rings. The van der Waals surface area contributed by atoms with E-state index in [2.05, 4.69) is 4.74 Å². The van der Waals surface area contributed by atoms with E-state index < -0.39 is 12.1 Å². The molecule has 0 aromatic heterocycles. The highest BCUT2D eigenvalue weighted by Gasteiger charge is 2.27. The van der Waals surface area contributed by atoms with E-state index in [4.69, 9.17) is 16.3 Å². The van der Waals surface area contributed by atoms with E-state index in [1.54, 1.807) is 12.1 Å². The van der Waals surface area contributed by atoms with Crippen LogP contribution in [0.3, 0.4) is 0 Å². The predicted octanol–water partition coefficient (Wildman–Crippen LogP) is 1.85. The Morgan fingerprint density at radius 1 is 1.63 bits per heavy atom. The van der Waals surface area contributed by atoms with Gasteiger partial charge in [0.25, 0.3) is 0 Å². The maximum absolute atomic E-state index is 13.7. The molecular weight excluding hydrogens is 273 g/mol. The van der Waals surface area contributed by atoms with Gasteiger partial charge < -0.3 is 9.47 Å². The van der Waals surface area contributed by atoms with Crippen molar-refractivity contribution in [2.24, 2.45) is 0 Å². The lowest BCUT2D eigenvalue weighted by Gasteiger charge is -2.31. The molecule has 0 N–H and O–H groups in total. The van der Waals surface area contributed by atoms with Crippen LogP contribution in [-0.2, 0) is 20.8 Å². The van der Waals surface area contributed by atoms with Crippen LogP contribution in [0, 0.1) is 5.82 Å². The first-order chi connectivity index (χ1) is 9.10. The molecule has 1 aliphatic rings. The SMILES string of the molecule is COC(=O)[C@@H]1CN(Cc2ccc(Cl)cc2F)CCO1. The van der Waals surface area contributed by atoms with Gasteiger partial charge in [-0.2, -0.15) is 0 Å². The number of halogens is 2. The van der Waals surface area contributed by atoms with Gasteiger partial charge in [0.1, 0.15) is 5.82 Å². The zero-order valence-electron chi connectivity index (χ0n) is 10.6. The summed E-state index contributed by atoms with van der Waals surface area (Å²) in [6, 6.07) is 4.59. The fourth-order valence-electron chi connectivity index (χ4n) is 2.01. The minimum Gasteiger partial charge on any atom is -0.467 e. The fourth-order valence-corrected chi connectivity index (χ4v) is 2.17. The molecule has 1 aromatic carbocycles. The van der Waals surface area contributed by atoms with E-state index in [0.29, 0.717) is 36.8 Å². The van der Waals surface area contributed by atoms with Crippen molar-refractivity contribution in [2.45, 2.75) is 12.6 Å². The first-order valence-corrected chi connectivity index (χ1v) is 6.33. The maximum atomic E-state index is 13.7. The van der Waals surface area contributed by atoms with Crippen LogP contribution in [0.15, 0.2) is 18.2 Å². The van der Waals surface area contributed by atoms with Gasteiger partial charge in [-0.3, -0.25) is 4.90 Å². The zero-order valence-corrected chi connectivity index (χ0v) is 11.3. The summed E-state index contributed by atoms with van der Waals surface area (Å²) in [7, 11) is 1.32. The third kappa shape index (κ3) is 3.65. The van der Waals surface area contributed by atoms with Gasteiger partial charge >= 0.3 is 5.97 Å². The van der Waals surface area contributed by atoms with Gasteiger partial charge in [-0.1, -0.05) is 17.7 Å². The molecule has 0 unspecified atom stereocenters. The second-order valence-electron chi connectivity index (χ2n) is 4.35. The molecule has 6 heteroatoms. The third-order valence-corrected chi connectivity index (χ3v) is 3.26. The summed E-state index contributed by atoms with van der Waals surface area (Å²) in [5.74, 6) is -0.741. The van der Waals surface area contributed by atoms with Gasteiger partial charge in [-0.05, 0) is 12.1 Å². The predicted molar refractivity (Wildman–Crippen MR) is 68.4 cm³/mol. The Morgan fingerprint density at radius 2 is 2.42 bits per heavy atom. The molecule has 0 spiro atoms. The average molecular weight is 288 g/mol. The van der Waals surface area contributed by atoms with Gasteiger partial charge in [0.05, 0.1) is 13.7 Å². The minimum absolute atomic E-state index is 0.339. The van der Waals surface area contributed by atoms with Crippen molar-refractivity contribution in [1.82, 2.24) is 4.90 Å². The van der Waals surface area contributed by atoms with Gasteiger partial charge in [-0.25, -0.2) is 9.18 Å². The highest BCUT2D eigenvalue weighted by molar-refractivity contribution is 6.30. The Balaban J connectivity index is 2.00. The number of nitrogens with zero attached hydrogens (tertiary/aromatic N) is 1. The number of morpholine rings is 1. The summed E-state index contributed by atoms with van der Waals surface area (Å²) in [5, 5.41) is 0.371. The second-order valence-corrected chi connectivity index (χ2v) is 4.79. The summed E-state index contributed by atoms with van der Waals surface area (Å²) >= 11 is 5.71. The molecule has 1 atom stereocenters. The van der Waals surface area contributed by atoms with E-state index in [0.717, 1.165) is 0 Å². The molecule has 1 aliphatic heterocycles. The first kappa shape index (κ1) is 14.2. The first-order valence-electron chi connectivity index (χ1n) is 5.96. The fraction of sp³-hybridized carbons (Fsp3) is 0.462. The van der Waals surface area contributed by atoms with Crippen molar-refractivity contribution in [3.63, 3.8) is 0 Å². The van der Waals surface area contributed by atoms with Crippen molar-refractivity contribution in [3.8, 4) is 0 Å². The normalized spacial score (nSPS) is 20.3. The van der Waals surface area contributed by atoms with Gasteiger partial charge in [0.15, 0.2) is 6.10 Å². The van der Waals surface area contributed by atoms with Gasteiger partial charge in [0, 0.05) is 30.2 Å². The molecule has 1 heterocycles. The lowest BCUT2D eigenvalue weighted by molar-refractivity contribution is -0.160. The monoisotopic (exact) mass is 287 g/mol. The topological polar surface area (TPSA) is 38.8 Å². The van der Waals surface area contributed by atoms with Crippen LogP contribution >= 0.6 is 11.6 Å². The van der Waals surface area contributed by atoms with Crippen LogP contribution in [0.1, 0.15) is 5.56 Å². The van der Waals surface area contributed by atoms with E-state index >= 15 is 0 Å². The highest BCUT2D eigenvalue weighted by atomic mass is 35.5. The quantitative estimate of drug-likeness (QED) is 0.796. The Hall–Kier alpha value is -1.17. The number of hydrogen-bond acceptors (Lipinski definition) is 4. The maximum Gasteiger partial charge on any atom is 0.336 e. The molecule has 104 valence electrons. The number of esters is 1. The molecule has 1 fully saturated rings. The molecule has 4 nitrogen and oxygen atoms in total. The lowest BCUT2D eigenvalue weighted by atomic mass is 10.1. The molecule has 1 saturated heterocycles. The van der Waals surface area contributed by atoms with Gasteiger partial charge in [0.2, 0.25) is 0 Å². The summed E-state index contributed by atoms with van der Waals surface area (Å²) in [6.07, 6.45) is -0.603. The zero-order chi connectivity index (χ0) is 13.8. The number of carbonyl (C=O) groups excluding carboxylic acids is 1. The molecule has 0 saturated carbocycles. The third-order valence-electron chi connectivity index (χ3n) is 3.02. The smallest absolute Gasteiger partial charge is 0.336 e. The molecule has 0 aliphatic carbocycles. The van der Waals surface area contributed by atoms with Crippen molar-refractivity contribution in [2.75, 3.05) is 26.8 Å². The van der Waals surface area contributed by atoms with Crippen LogP contribution < -0.4 is 0 Å². The Bertz CT molecular complexity index is 469. The molecule has 0 radical (unpaired) electrons.